The van der Waals surface area contributed by atoms with Gasteiger partial charge in [-0.25, -0.2) is 0 Å². The van der Waals surface area contributed by atoms with E-state index in [0.29, 0.717) is 0 Å². The van der Waals surface area contributed by atoms with E-state index < -0.39 is 0 Å². The van der Waals surface area contributed by atoms with Gasteiger partial charge in [0.05, 0.1) is 12.6 Å². The van der Waals surface area contributed by atoms with Gasteiger partial charge in [0.25, 0.3) is 0 Å². The molecule has 3 nitrogen and oxygen atoms in total. The third kappa shape index (κ3) is 2.32. The van der Waals surface area contributed by atoms with E-state index in [1.807, 2.05) is 24.4 Å². The van der Waals surface area contributed by atoms with Crippen molar-refractivity contribution in [2.24, 2.45) is 5.73 Å². The van der Waals surface area contributed by atoms with Gasteiger partial charge in [0.15, 0.2) is 0 Å². The Morgan fingerprint density at radius 2 is 2.58 bits per heavy atom. The Morgan fingerprint density at radius 1 is 1.83 bits per heavy atom. The van der Waals surface area contributed by atoms with Gasteiger partial charge in [-0.3, -0.25) is 4.79 Å². The normalized spacial score (nSPS) is 12.5. The molecule has 0 aliphatic heterocycles. The highest BCUT2D eigenvalue weighted by molar-refractivity contribution is 7.10. The average Bonchev–Trinajstić information content (AvgIpc) is 2.56. The first-order valence-electron chi connectivity index (χ1n) is 3.77. The maximum absolute atomic E-state index is 10.9. The zero-order chi connectivity index (χ0) is 8.97. The molecule has 1 rings (SSSR count). The molecule has 1 amide bonds. The molecule has 1 atom stereocenters. The maximum Gasteiger partial charge on any atom is 0.234 e. The first-order valence-corrected chi connectivity index (χ1v) is 4.65. The van der Waals surface area contributed by atoms with Crippen molar-refractivity contribution in [3.63, 3.8) is 0 Å². The highest BCUT2D eigenvalue weighted by Gasteiger charge is 2.07. The second-order valence-electron chi connectivity index (χ2n) is 2.51. The largest absolute Gasteiger partial charge is 0.348 e. The number of hydrogen-bond acceptors (Lipinski definition) is 3. The van der Waals surface area contributed by atoms with Crippen LogP contribution in [0.5, 0.6) is 0 Å². The second kappa shape index (κ2) is 4.23. The molecule has 1 aromatic rings. The van der Waals surface area contributed by atoms with E-state index in [2.05, 4.69) is 5.32 Å². The number of carbonyl (C=O) groups is 1. The summed E-state index contributed by atoms with van der Waals surface area (Å²) in [4.78, 5) is 12.0. The summed E-state index contributed by atoms with van der Waals surface area (Å²) in [6, 6.07) is 4.03. The molecule has 0 saturated carbocycles. The van der Waals surface area contributed by atoms with E-state index in [-0.39, 0.29) is 18.5 Å². The van der Waals surface area contributed by atoms with Crippen molar-refractivity contribution < 1.29 is 4.79 Å². The number of carbonyl (C=O) groups excluding carboxylic acids is 1. The van der Waals surface area contributed by atoms with Crippen LogP contribution in [0.4, 0.5) is 0 Å². The number of hydrogen-bond donors (Lipinski definition) is 2. The van der Waals surface area contributed by atoms with E-state index in [1.165, 1.54) is 0 Å². The van der Waals surface area contributed by atoms with Crippen LogP contribution < -0.4 is 11.1 Å². The zero-order valence-electron chi connectivity index (χ0n) is 6.91. The minimum absolute atomic E-state index is 0.0513. The van der Waals surface area contributed by atoms with Gasteiger partial charge in [-0.05, 0) is 18.4 Å². The molecule has 1 heterocycles. The summed E-state index contributed by atoms with van der Waals surface area (Å²) in [6.45, 7) is 2.00. The quantitative estimate of drug-likeness (QED) is 0.732. The molecule has 66 valence electrons. The lowest BCUT2D eigenvalue weighted by molar-refractivity contribution is -0.120. The lowest BCUT2D eigenvalue weighted by Crippen LogP contribution is -2.31. The predicted octanol–water partition coefficient (Wildman–Crippen LogP) is 0.884. The molecule has 4 heteroatoms. The van der Waals surface area contributed by atoms with Crippen LogP contribution in [0.15, 0.2) is 17.5 Å². The maximum atomic E-state index is 10.9. The Morgan fingerprint density at radius 3 is 3.08 bits per heavy atom. The van der Waals surface area contributed by atoms with Gasteiger partial charge in [0.2, 0.25) is 5.91 Å². The van der Waals surface area contributed by atoms with Crippen molar-refractivity contribution in [2.75, 3.05) is 6.54 Å². The highest BCUT2D eigenvalue weighted by atomic mass is 32.1. The van der Waals surface area contributed by atoms with Crippen molar-refractivity contribution in [3.8, 4) is 0 Å². The fraction of sp³-hybridized carbons (Fsp3) is 0.375. The zero-order valence-corrected chi connectivity index (χ0v) is 7.73. The van der Waals surface area contributed by atoms with Gasteiger partial charge in [0.1, 0.15) is 0 Å². The van der Waals surface area contributed by atoms with E-state index in [0.717, 1.165) is 4.88 Å². The second-order valence-corrected chi connectivity index (χ2v) is 3.49. The molecule has 0 aliphatic rings. The third-order valence-electron chi connectivity index (χ3n) is 1.53. The number of rotatable bonds is 3. The minimum atomic E-state index is -0.115. The number of nitrogens with one attached hydrogen (secondary N) is 1. The Hall–Kier alpha value is -0.870. The summed E-state index contributed by atoms with van der Waals surface area (Å²) in [5, 5.41) is 4.76. The van der Waals surface area contributed by atoms with Gasteiger partial charge in [-0.1, -0.05) is 6.07 Å². The van der Waals surface area contributed by atoms with Crippen molar-refractivity contribution in [3.05, 3.63) is 22.4 Å². The van der Waals surface area contributed by atoms with E-state index in [9.17, 15) is 4.79 Å². The molecule has 0 aromatic carbocycles. The highest BCUT2D eigenvalue weighted by Crippen LogP contribution is 2.17. The van der Waals surface area contributed by atoms with Crippen LogP contribution in [0.3, 0.4) is 0 Å². The van der Waals surface area contributed by atoms with E-state index in [4.69, 9.17) is 5.73 Å². The Balaban J connectivity index is 2.49. The van der Waals surface area contributed by atoms with Crippen molar-refractivity contribution in [1.29, 1.82) is 0 Å². The topological polar surface area (TPSA) is 55.1 Å². The lowest BCUT2D eigenvalue weighted by Gasteiger charge is -2.10. The average molecular weight is 184 g/mol. The van der Waals surface area contributed by atoms with Gasteiger partial charge >= 0.3 is 0 Å². The molecule has 0 saturated heterocycles. The van der Waals surface area contributed by atoms with E-state index >= 15 is 0 Å². The smallest absolute Gasteiger partial charge is 0.234 e. The molecule has 12 heavy (non-hydrogen) atoms. The van der Waals surface area contributed by atoms with Gasteiger partial charge < -0.3 is 11.1 Å². The van der Waals surface area contributed by atoms with Crippen LogP contribution in [0.1, 0.15) is 17.8 Å². The summed E-state index contributed by atoms with van der Waals surface area (Å²) < 4.78 is 0. The molecule has 0 radical (unpaired) electrons. The molecule has 0 unspecified atom stereocenters. The molecule has 0 fully saturated rings. The van der Waals surface area contributed by atoms with Crippen molar-refractivity contribution >= 4 is 17.2 Å². The lowest BCUT2D eigenvalue weighted by atomic mass is 10.3. The van der Waals surface area contributed by atoms with Gasteiger partial charge in [-0.15, -0.1) is 11.3 Å². The number of thiophene rings is 1. The Kier molecular flexibility index (Phi) is 3.25. The summed E-state index contributed by atoms with van der Waals surface area (Å²) in [5.74, 6) is -0.115. The van der Waals surface area contributed by atoms with E-state index in [1.54, 1.807) is 11.3 Å². The molecular formula is C8H12N2OS. The van der Waals surface area contributed by atoms with Gasteiger partial charge in [0, 0.05) is 4.88 Å². The van der Waals surface area contributed by atoms with Crippen molar-refractivity contribution in [2.45, 2.75) is 13.0 Å². The summed E-state index contributed by atoms with van der Waals surface area (Å²) in [7, 11) is 0. The third-order valence-corrected chi connectivity index (χ3v) is 2.59. The Bertz CT molecular complexity index is 246. The SMILES string of the molecule is C[C@H](NC(=O)CN)c1cccs1. The molecular weight excluding hydrogens is 172 g/mol. The number of amides is 1. The van der Waals surface area contributed by atoms with Crippen LogP contribution in [0.2, 0.25) is 0 Å². The van der Waals surface area contributed by atoms with Crippen LogP contribution in [-0.2, 0) is 4.79 Å². The molecule has 3 N–H and O–H groups in total. The van der Waals surface area contributed by atoms with Crippen LogP contribution >= 0.6 is 11.3 Å². The fourth-order valence-corrected chi connectivity index (χ4v) is 1.64. The first-order chi connectivity index (χ1) is 5.74. The minimum Gasteiger partial charge on any atom is -0.348 e. The molecule has 0 bridgehead atoms. The monoisotopic (exact) mass is 184 g/mol. The Labute approximate surface area is 75.6 Å². The molecule has 0 aliphatic carbocycles. The number of nitrogens with two attached hydrogens (primary N) is 1. The predicted molar refractivity (Wildman–Crippen MR) is 49.9 cm³/mol. The first kappa shape index (κ1) is 9.22. The fourth-order valence-electron chi connectivity index (χ4n) is 0.909. The van der Waals surface area contributed by atoms with Crippen LogP contribution in [-0.4, -0.2) is 12.5 Å². The molecule has 0 spiro atoms. The summed E-state index contributed by atoms with van der Waals surface area (Å²) >= 11 is 1.63. The summed E-state index contributed by atoms with van der Waals surface area (Å²) in [6.07, 6.45) is 0. The van der Waals surface area contributed by atoms with Crippen LogP contribution in [0.25, 0.3) is 0 Å². The summed E-state index contributed by atoms with van der Waals surface area (Å²) in [5.41, 5.74) is 5.17. The van der Waals surface area contributed by atoms with Crippen molar-refractivity contribution in [1.82, 2.24) is 5.32 Å². The van der Waals surface area contributed by atoms with Crippen LogP contribution in [0, 0.1) is 0 Å². The molecule has 1 aromatic heterocycles. The standard InChI is InChI=1S/C8H12N2OS/c1-6(10-8(11)5-9)7-3-2-4-12-7/h2-4,6H,5,9H2,1H3,(H,10,11)/t6-/m0/s1. The van der Waals surface area contributed by atoms with Gasteiger partial charge in [-0.2, -0.15) is 0 Å².